The van der Waals surface area contributed by atoms with Gasteiger partial charge in [0.05, 0.1) is 0 Å². The first-order valence-electron chi connectivity index (χ1n) is 14.0. The fourth-order valence-corrected chi connectivity index (χ4v) is 5.97. The Morgan fingerprint density at radius 1 is 0.757 bits per heavy atom. The summed E-state index contributed by atoms with van der Waals surface area (Å²) in [5.41, 5.74) is 6.06. The van der Waals surface area contributed by atoms with Crippen molar-refractivity contribution in [1.82, 2.24) is 9.80 Å². The molecule has 2 aliphatic heterocycles. The number of hydrogen-bond donors (Lipinski definition) is 0. The zero-order valence-electron chi connectivity index (χ0n) is 21.9. The summed E-state index contributed by atoms with van der Waals surface area (Å²) in [4.78, 5) is 17.9. The summed E-state index contributed by atoms with van der Waals surface area (Å²) >= 11 is 0. The fourth-order valence-electron chi connectivity index (χ4n) is 5.97. The molecule has 0 N–H and O–H groups in total. The second-order valence-electron chi connectivity index (χ2n) is 10.9. The SMILES string of the molecule is O=C(CCCC1CCN(Cc2cccc(F)c2)CC1)c1ccc2c(c1)CCN(Cc1ccccc1)CC2. The van der Waals surface area contributed by atoms with E-state index < -0.39 is 0 Å². The number of fused-ring (bicyclic) bond motifs is 1. The van der Waals surface area contributed by atoms with Crippen molar-refractivity contribution in [1.29, 1.82) is 0 Å². The highest BCUT2D eigenvalue weighted by Gasteiger charge is 2.20. The lowest BCUT2D eigenvalue weighted by Crippen LogP contribution is -2.33. The molecule has 0 aliphatic carbocycles. The van der Waals surface area contributed by atoms with Gasteiger partial charge in [0.25, 0.3) is 0 Å². The van der Waals surface area contributed by atoms with Crippen molar-refractivity contribution >= 4 is 5.78 Å². The van der Waals surface area contributed by atoms with Gasteiger partial charge in [0.1, 0.15) is 5.82 Å². The van der Waals surface area contributed by atoms with Crippen molar-refractivity contribution in [3.05, 3.63) is 106 Å². The van der Waals surface area contributed by atoms with Gasteiger partial charge in [-0.3, -0.25) is 14.6 Å². The van der Waals surface area contributed by atoms with Crippen molar-refractivity contribution in [2.45, 2.75) is 58.0 Å². The third-order valence-electron chi connectivity index (χ3n) is 8.19. The topological polar surface area (TPSA) is 23.6 Å². The highest BCUT2D eigenvalue weighted by atomic mass is 19.1. The van der Waals surface area contributed by atoms with E-state index >= 15 is 0 Å². The van der Waals surface area contributed by atoms with Crippen LogP contribution in [0.25, 0.3) is 0 Å². The van der Waals surface area contributed by atoms with Crippen LogP contribution in [0.3, 0.4) is 0 Å². The van der Waals surface area contributed by atoms with E-state index in [0.717, 1.165) is 76.1 Å². The van der Waals surface area contributed by atoms with Gasteiger partial charge in [-0.2, -0.15) is 0 Å². The molecule has 0 atom stereocenters. The number of halogens is 1. The molecule has 1 saturated heterocycles. The lowest BCUT2D eigenvalue weighted by Gasteiger charge is -2.32. The summed E-state index contributed by atoms with van der Waals surface area (Å²) in [5, 5.41) is 0. The maximum absolute atomic E-state index is 13.5. The van der Waals surface area contributed by atoms with E-state index in [1.54, 1.807) is 12.1 Å². The van der Waals surface area contributed by atoms with Gasteiger partial charge in [0, 0.05) is 38.2 Å². The van der Waals surface area contributed by atoms with Gasteiger partial charge >= 0.3 is 0 Å². The predicted octanol–water partition coefficient (Wildman–Crippen LogP) is 6.69. The van der Waals surface area contributed by atoms with Crippen molar-refractivity contribution in [3.8, 4) is 0 Å². The van der Waals surface area contributed by atoms with Crippen molar-refractivity contribution in [3.63, 3.8) is 0 Å². The molecule has 3 aromatic carbocycles. The molecule has 0 saturated carbocycles. The molecule has 0 amide bonds. The van der Waals surface area contributed by atoms with Crippen LogP contribution in [0.1, 0.15) is 64.7 Å². The average molecular weight is 499 g/mol. The Labute approximate surface area is 221 Å². The number of piperidine rings is 1. The maximum atomic E-state index is 13.5. The largest absolute Gasteiger partial charge is 0.299 e. The lowest BCUT2D eigenvalue weighted by atomic mass is 9.90. The van der Waals surface area contributed by atoms with E-state index in [4.69, 9.17) is 0 Å². The van der Waals surface area contributed by atoms with Crippen LogP contribution >= 0.6 is 0 Å². The number of carbonyl (C=O) groups excluding carboxylic acids is 1. The number of carbonyl (C=O) groups is 1. The van der Waals surface area contributed by atoms with Crippen molar-refractivity contribution < 1.29 is 9.18 Å². The van der Waals surface area contributed by atoms with Gasteiger partial charge in [-0.05, 0) is 98.0 Å². The summed E-state index contributed by atoms with van der Waals surface area (Å²) in [6.45, 7) is 6.03. The van der Waals surface area contributed by atoms with E-state index in [2.05, 4.69) is 58.3 Å². The first kappa shape index (κ1) is 25.8. The summed E-state index contributed by atoms with van der Waals surface area (Å²) in [6, 6.07) is 24.1. The van der Waals surface area contributed by atoms with Crippen molar-refractivity contribution in [2.75, 3.05) is 26.2 Å². The summed E-state index contributed by atoms with van der Waals surface area (Å²) in [6.07, 6.45) is 7.13. The molecule has 1 fully saturated rings. The molecule has 5 rings (SSSR count). The van der Waals surface area contributed by atoms with Crippen LogP contribution < -0.4 is 0 Å². The Morgan fingerprint density at radius 3 is 2.24 bits per heavy atom. The third-order valence-corrected chi connectivity index (χ3v) is 8.19. The Balaban J connectivity index is 1.05. The summed E-state index contributed by atoms with van der Waals surface area (Å²) in [7, 11) is 0. The first-order chi connectivity index (χ1) is 18.1. The molecule has 3 aromatic rings. The standard InChI is InChI=1S/C33H39FN2O/c34-32-10-4-9-28(22-32)25-35-18-14-26(15-19-35)8-5-11-33(37)31-13-12-29-16-20-36(21-17-30(29)23-31)24-27-6-2-1-3-7-27/h1-4,6-7,9-10,12-13,22-23,26H,5,8,11,14-21,24-25H2. The zero-order valence-corrected chi connectivity index (χ0v) is 21.9. The molecule has 194 valence electrons. The van der Waals surface area contributed by atoms with E-state index in [1.807, 2.05) is 6.07 Å². The molecule has 4 heteroatoms. The number of ketones is 1. The van der Waals surface area contributed by atoms with E-state index in [9.17, 15) is 9.18 Å². The van der Waals surface area contributed by atoms with E-state index in [1.165, 1.54) is 35.6 Å². The Kier molecular flexibility index (Phi) is 8.80. The Bertz CT molecular complexity index is 1170. The molecule has 3 nitrogen and oxygen atoms in total. The van der Waals surface area contributed by atoms with Crippen LogP contribution in [0.5, 0.6) is 0 Å². The van der Waals surface area contributed by atoms with Crippen LogP contribution in [0.4, 0.5) is 4.39 Å². The summed E-state index contributed by atoms with van der Waals surface area (Å²) < 4.78 is 13.5. The number of Topliss-reactive ketones (excluding diaryl/α,β-unsaturated/α-hetero) is 1. The monoisotopic (exact) mass is 498 g/mol. The second-order valence-corrected chi connectivity index (χ2v) is 10.9. The number of benzene rings is 3. The lowest BCUT2D eigenvalue weighted by molar-refractivity contribution is 0.0974. The van der Waals surface area contributed by atoms with Crippen LogP contribution in [-0.4, -0.2) is 41.8 Å². The number of likely N-dealkylation sites (tertiary alicyclic amines) is 1. The summed E-state index contributed by atoms with van der Waals surface area (Å²) in [5.74, 6) is 0.826. The molecule has 2 heterocycles. The predicted molar refractivity (Wildman–Crippen MR) is 148 cm³/mol. The van der Waals surface area contributed by atoms with E-state index in [-0.39, 0.29) is 11.6 Å². The fraction of sp³-hybridized carbons (Fsp3) is 0.424. The first-order valence-corrected chi connectivity index (χ1v) is 14.0. The maximum Gasteiger partial charge on any atom is 0.162 e. The Morgan fingerprint density at radius 2 is 1.46 bits per heavy atom. The normalized spacial score (nSPS) is 17.3. The quantitative estimate of drug-likeness (QED) is 0.307. The molecule has 0 spiro atoms. The highest BCUT2D eigenvalue weighted by molar-refractivity contribution is 5.96. The third kappa shape index (κ3) is 7.37. The average Bonchev–Trinajstić information content (AvgIpc) is 3.12. The molecule has 37 heavy (non-hydrogen) atoms. The molecular weight excluding hydrogens is 459 g/mol. The minimum absolute atomic E-state index is 0.156. The van der Waals surface area contributed by atoms with E-state index in [0.29, 0.717) is 12.3 Å². The molecule has 2 aliphatic rings. The number of hydrogen-bond acceptors (Lipinski definition) is 3. The van der Waals surface area contributed by atoms with Crippen LogP contribution in [-0.2, 0) is 25.9 Å². The molecule has 0 radical (unpaired) electrons. The van der Waals surface area contributed by atoms with Crippen LogP contribution in [0.2, 0.25) is 0 Å². The molecule has 0 aromatic heterocycles. The smallest absolute Gasteiger partial charge is 0.162 e. The zero-order chi connectivity index (χ0) is 25.5. The molecular formula is C33H39FN2O. The van der Waals surface area contributed by atoms with Crippen LogP contribution in [0, 0.1) is 11.7 Å². The van der Waals surface area contributed by atoms with Gasteiger partial charge in [0.15, 0.2) is 5.78 Å². The minimum Gasteiger partial charge on any atom is -0.299 e. The second kappa shape index (κ2) is 12.6. The highest BCUT2D eigenvalue weighted by Crippen LogP contribution is 2.25. The van der Waals surface area contributed by atoms with Crippen molar-refractivity contribution in [2.24, 2.45) is 5.92 Å². The van der Waals surface area contributed by atoms with Gasteiger partial charge < -0.3 is 0 Å². The van der Waals surface area contributed by atoms with Gasteiger partial charge in [-0.15, -0.1) is 0 Å². The van der Waals surface area contributed by atoms with Gasteiger partial charge in [-0.1, -0.05) is 54.6 Å². The molecule has 0 bridgehead atoms. The van der Waals surface area contributed by atoms with Crippen LogP contribution in [0.15, 0.2) is 72.8 Å². The molecule has 0 unspecified atom stereocenters. The number of nitrogens with zero attached hydrogens (tertiary/aromatic N) is 2. The minimum atomic E-state index is -0.156. The number of rotatable bonds is 9. The van der Waals surface area contributed by atoms with Gasteiger partial charge in [0.2, 0.25) is 0 Å². The van der Waals surface area contributed by atoms with Gasteiger partial charge in [-0.25, -0.2) is 4.39 Å². The Hall–Kier alpha value is -2.82.